The smallest absolute Gasteiger partial charge is 0.254 e. The van der Waals surface area contributed by atoms with Crippen molar-refractivity contribution in [1.82, 2.24) is 4.98 Å². The predicted octanol–water partition coefficient (Wildman–Crippen LogP) is 3.24. The first-order chi connectivity index (χ1) is 14.7. The number of aromatic nitrogens is 1. The molecule has 1 atom stereocenters. The Hall–Kier alpha value is -3.47. The van der Waals surface area contributed by atoms with E-state index >= 15 is 0 Å². The molecule has 0 spiro atoms. The Labute approximate surface area is 174 Å². The molecule has 0 radical (unpaired) electrons. The maximum Gasteiger partial charge on any atom is 0.254 e. The fourth-order valence-corrected chi connectivity index (χ4v) is 3.65. The first-order valence-corrected chi connectivity index (χ1v) is 9.65. The Morgan fingerprint density at radius 1 is 1.10 bits per heavy atom. The number of hydrogen-bond donors (Lipinski definition) is 0. The lowest BCUT2D eigenvalue weighted by Gasteiger charge is -2.13. The molecule has 7 nitrogen and oxygen atoms in total. The number of nitriles is 1. The molecule has 1 aliphatic heterocycles. The third-order valence-electron chi connectivity index (χ3n) is 5.02. The lowest BCUT2D eigenvalue weighted by Crippen LogP contribution is -2.24. The van der Waals surface area contributed by atoms with E-state index in [1.807, 2.05) is 48.7 Å². The largest absolute Gasteiger partial charge is 0.491 e. The number of amides is 1. The number of fused-ring (bicyclic) bond motifs is 2. The van der Waals surface area contributed by atoms with Crippen LogP contribution in [0.15, 0.2) is 54.7 Å². The number of carbonyl (C=O) groups excluding carboxylic acids is 1. The fourth-order valence-electron chi connectivity index (χ4n) is 3.65. The van der Waals surface area contributed by atoms with Gasteiger partial charge in [0, 0.05) is 18.7 Å². The number of ether oxygens (including phenoxy) is 3. The van der Waals surface area contributed by atoms with Gasteiger partial charge in [0.25, 0.3) is 5.91 Å². The average molecular weight is 403 g/mol. The Morgan fingerprint density at radius 3 is 2.77 bits per heavy atom. The van der Waals surface area contributed by atoms with E-state index in [4.69, 9.17) is 14.2 Å². The minimum atomic E-state index is -0.606. The van der Waals surface area contributed by atoms with Crippen LogP contribution < -0.4 is 9.64 Å². The Kier molecular flexibility index (Phi) is 5.89. The Morgan fingerprint density at radius 2 is 1.93 bits per heavy atom. The summed E-state index contributed by atoms with van der Waals surface area (Å²) in [5.41, 5.74) is 2.04. The number of nitrogens with zero attached hydrogens (tertiary/aromatic N) is 3. The SMILES string of the molecule is COCCOCCOc1ccc2c(C3C(=O)N(C#N)c4ccccc43)nccc2c1. The van der Waals surface area contributed by atoms with E-state index in [-0.39, 0.29) is 5.91 Å². The number of para-hydroxylation sites is 1. The van der Waals surface area contributed by atoms with Gasteiger partial charge in [-0.25, -0.2) is 4.90 Å². The highest BCUT2D eigenvalue weighted by Gasteiger charge is 2.40. The molecule has 1 unspecified atom stereocenters. The summed E-state index contributed by atoms with van der Waals surface area (Å²) in [5.74, 6) is -0.176. The van der Waals surface area contributed by atoms with Crippen LogP contribution in [0.5, 0.6) is 5.75 Å². The molecular formula is C23H21N3O4. The molecule has 1 amide bonds. The summed E-state index contributed by atoms with van der Waals surface area (Å²) in [4.78, 5) is 18.6. The lowest BCUT2D eigenvalue weighted by atomic mass is 9.93. The molecule has 1 aromatic heterocycles. The summed E-state index contributed by atoms with van der Waals surface area (Å²) in [7, 11) is 1.63. The molecule has 0 saturated carbocycles. The summed E-state index contributed by atoms with van der Waals surface area (Å²) < 4.78 is 16.1. The topological polar surface area (TPSA) is 84.7 Å². The number of methoxy groups -OCH3 is 1. The second-order valence-corrected chi connectivity index (χ2v) is 6.80. The molecule has 3 aromatic rings. The molecule has 2 heterocycles. The van der Waals surface area contributed by atoms with Crippen LogP contribution in [0.2, 0.25) is 0 Å². The Bertz CT molecular complexity index is 1110. The molecule has 30 heavy (non-hydrogen) atoms. The highest BCUT2D eigenvalue weighted by atomic mass is 16.5. The second-order valence-electron chi connectivity index (χ2n) is 6.80. The molecule has 0 saturated heterocycles. The molecule has 0 N–H and O–H groups in total. The van der Waals surface area contributed by atoms with Gasteiger partial charge in [-0.15, -0.1) is 0 Å². The fraction of sp³-hybridized carbons (Fsp3) is 0.261. The highest BCUT2D eigenvalue weighted by molar-refractivity contribution is 6.10. The van der Waals surface area contributed by atoms with Crippen molar-refractivity contribution in [2.24, 2.45) is 0 Å². The lowest BCUT2D eigenvalue weighted by molar-refractivity contribution is -0.117. The van der Waals surface area contributed by atoms with Crippen LogP contribution in [0.1, 0.15) is 17.2 Å². The number of carbonyl (C=O) groups is 1. The molecule has 7 heteroatoms. The summed E-state index contributed by atoms with van der Waals surface area (Å²) in [6.45, 7) is 1.99. The van der Waals surface area contributed by atoms with Crippen LogP contribution >= 0.6 is 0 Å². The summed E-state index contributed by atoms with van der Waals surface area (Å²) >= 11 is 0. The molecule has 2 aromatic carbocycles. The van der Waals surface area contributed by atoms with Gasteiger partial charge in [-0.05, 0) is 41.3 Å². The maximum absolute atomic E-state index is 13.0. The summed E-state index contributed by atoms with van der Waals surface area (Å²) in [6.07, 6.45) is 3.67. The van der Waals surface area contributed by atoms with Gasteiger partial charge in [0.1, 0.15) is 18.3 Å². The highest BCUT2D eigenvalue weighted by Crippen LogP contribution is 2.42. The summed E-state index contributed by atoms with van der Waals surface area (Å²) in [6, 6.07) is 14.9. The number of benzene rings is 2. The van der Waals surface area contributed by atoms with Crippen LogP contribution in [0.3, 0.4) is 0 Å². The van der Waals surface area contributed by atoms with Crippen LogP contribution in [-0.4, -0.2) is 44.4 Å². The first kappa shape index (κ1) is 19.8. The van der Waals surface area contributed by atoms with Crippen molar-refractivity contribution < 1.29 is 19.0 Å². The van der Waals surface area contributed by atoms with E-state index in [1.165, 1.54) is 0 Å². The minimum absolute atomic E-state index is 0.285. The average Bonchev–Trinajstić information content (AvgIpc) is 3.06. The van der Waals surface area contributed by atoms with Crippen LogP contribution in [0.4, 0.5) is 5.69 Å². The van der Waals surface area contributed by atoms with Gasteiger partial charge in [-0.3, -0.25) is 9.78 Å². The number of pyridine rings is 1. The van der Waals surface area contributed by atoms with E-state index in [1.54, 1.807) is 19.4 Å². The third kappa shape index (κ3) is 3.71. The monoisotopic (exact) mass is 403 g/mol. The van der Waals surface area contributed by atoms with Crippen molar-refractivity contribution in [1.29, 1.82) is 5.26 Å². The number of anilines is 1. The van der Waals surface area contributed by atoms with Gasteiger partial charge in [0.05, 0.1) is 31.2 Å². The van der Waals surface area contributed by atoms with E-state index in [9.17, 15) is 10.1 Å². The second kappa shape index (κ2) is 8.91. The van der Waals surface area contributed by atoms with Crippen molar-refractivity contribution in [3.8, 4) is 11.9 Å². The van der Waals surface area contributed by atoms with Gasteiger partial charge in [-0.1, -0.05) is 18.2 Å². The van der Waals surface area contributed by atoms with Crippen molar-refractivity contribution in [2.75, 3.05) is 38.4 Å². The number of hydrogen-bond acceptors (Lipinski definition) is 6. The van der Waals surface area contributed by atoms with Gasteiger partial charge in [-0.2, -0.15) is 5.26 Å². The van der Waals surface area contributed by atoms with Crippen molar-refractivity contribution in [3.63, 3.8) is 0 Å². The minimum Gasteiger partial charge on any atom is -0.491 e. The quantitative estimate of drug-likeness (QED) is 0.424. The van der Waals surface area contributed by atoms with Crippen LogP contribution in [-0.2, 0) is 14.3 Å². The van der Waals surface area contributed by atoms with Crippen molar-refractivity contribution in [3.05, 3.63) is 66.0 Å². The van der Waals surface area contributed by atoms with Gasteiger partial charge in [0.2, 0.25) is 0 Å². The summed E-state index contributed by atoms with van der Waals surface area (Å²) in [5, 5.41) is 11.2. The van der Waals surface area contributed by atoms with E-state index in [0.29, 0.717) is 43.6 Å². The maximum atomic E-state index is 13.0. The van der Waals surface area contributed by atoms with Gasteiger partial charge >= 0.3 is 0 Å². The zero-order valence-corrected chi connectivity index (χ0v) is 16.6. The Balaban J connectivity index is 1.59. The standard InChI is InChI=1S/C23H21N3O4/c1-28-10-11-29-12-13-30-17-6-7-18-16(14-17)8-9-25-22(18)21-19-4-2-3-5-20(19)26(15-24)23(21)27/h2-9,14,21H,10-13H2,1H3. The van der Waals surface area contributed by atoms with E-state index in [2.05, 4.69) is 4.98 Å². The zero-order chi connectivity index (χ0) is 20.9. The normalized spacial score (nSPS) is 15.3. The van der Waals surface area contributed by atoms with Crippen molar-refractivity contribution in [2.45, 2.75) is 5.92 Å². The molecule has 0 bridgehead atoms. The first-order valence-electron chi connectivity index (χ1n) is 9.65. The van der Waals surface area contributed by atoms with Crippen LogP contribution in [0, 0.1) is 11.5 Å². The van der Waals surface area contributed by atoms with Gasteiger partial charge in [0.15, 0.2) is 6.19 Å². The zero-order valence-electron chi connectivity index (χ0n) is 16.6. The third-order valence-corrected chi connectivity index (χ3v) is 5.02. The van der Waals surface area contributed by atoms with E-state index < -0.39 is 5.92 Å². The number of rotatable bonds is 8. The van der Waals surface area contributed by atoms with Crippen molar-refractivity contribution >= 4 is 22.4 Å². The predicted molar refractivity (Wildman–Crippen MR) is 111 cm³/mol. The van der Waals surface area contributed by atoms with E-state index in [0.717, 1.165) is 21.2 Å². The molecule has 1 aliphatic rings. The molecule has 0 fully saturated rings. The molecular weight excluding hydrogens is 382 g/mol. The van der Waals surface area contributed by atoms with Gasteiger partial charge < -0.3 is 14.2 Å². The molecule has 0 aliphatic carbocycles. The molecule has 152 valence electrons. The van der Waals surface area contributed by atoms with Crippen LogP contribution in [0.25, 0.3) is 10.8 Å². The molecule has 4 rings (SSSR count).